The number of nitrogens with zero attached hydrogens (tertiary/aromatic N) is 3. The maximum Gasteiger partial charge on any atom is 0.164 e. The van der Waals surface area contributed by atoms with Gasteiger partial charge in [-0.05, 0) is 107 Å². The van der Waals surface area contributed by atoms with E-state index >= 15 is 0 Å². The molecule has 0 bridgehead atoms. The molecule has 0 saturated carbocycles. The monoisotopic (exact) mass is 775 g/mol. The summed E-state index contributed by atoms with van der Waals surface area (Å²) in [5, 5.41) is 9.21. The number of fused-ring (bicyclic) bond motifs is 8. The van der Waals surface area contributed by atoms with Crippen LogP contribution in [0.3, 0.4) is 0 Å². The number of benzene rings is 10. The Hall–Kier alpha value is -8.21. The van der Waals surface area contributed by atoms with Crippen molar-refractivity contribution in [3.05, 3.63) is 200 Å². The minimum Gasteiger partial charge on any atom is -0.456 e. The van der Waals surface area contributed by atoms with Gasteiger partial charge in [-0.25, -0.2) is 15.0 Å². The summed E-state index contributed by atoms with van der Waals surface area (Å²) in [6, 6.07) is 71.0. The van der Waals surface area contributed by atoms with Gasteiger partial charge in [-0.15, -0.1) is 0 Å². The fraction of sp³-hybridized carbons (Fsp3) is 0. The van der Waals surface area contributed by atoms with Crippen molar-refractivity contribution in [2.24, 2.45) is 0 Å². The van der Waals surface area contributed by atoms with Gasteiger partial charge in [0.1, 0.15) is 11.2 Å². The number of para-hydroxylation sites is 1. The summed E-state index contributed by atoms with van der Waals surface area (Å²) in [5.41, 5.74) is 13.9. The summed E-state index contributed by atoms with van der Waals surface area (Å²) in [4.78, 5) is 15.9. The molecule has 4 heteroatoms. The van der Waals surface area contributed by atoms with Gasteiger partial charge in [0.25, 0.3) is 0 Å². The molecule has 1 aliphatic rings. The van der Waals surface area contributed by atoms with Gasteiger partial charge in [0.15, 0.2) is 17.5 Å². The second-order valence-corrected chi connectivity index (χ2v) is 15.9. The summed E-state index contributed by atoms with van der Waals surface area (Å²) >= 11 is 0. The van der Waals surface area contributed by atoms with Gasteiger partial charge in [-0.2, -0.15) is 0 Å². The standard InChI is InChI=1S/C57H33N3O/c1-3-12-38-30-40(26-22-34(38)10-1)36-20-24-37(25-21-36)55-58-56(41-27-23-35-11-2-4-13-39(35)31-41)60-57(59-55)50-32-42(33-52-54(50)49-16-7-8-19-51(49)61-52)43-28-29-48-45-15-6-5-14-44(45)47-18-9-17-46(43)53(47)48/h1-33H. The van der Waals surface area contributed by atoms with Crippen molar-refractivity contribution in [3.63, 3.8) is 0 Å². The van der Waals surface area contributed by atoms with E-state index in [2.05, 4.69) is 188 Å². The number of hydrogen-bond donors (Lipinski definition) is 0. The van der Waals surface area contributed by atoms with E-state index in [1.165, 1.54) is 43.8 Å². The van der Waals surface area contributed by atoms with E-state index in [9.17, 15) is 0 Å². The summed E-state index contributed by atoms with van der Waals surface area (Å²) in [7, 11) is 0. The SMILES string of the molecule is c1ccc2c(c1)-c1cccc3c(-c4cc(-c5nc(-c6ccc(-c7ccc8ccccc8c7)cc6)nc(-c6ccc7ccccc7c6)n5)c5c(c4)oc4ccccc45)ccc-2c13. The molecule has 0 saturated heterocycles. The Balaban J connectivity index is 1.03. The van der Waals surface area contributed by atoms with Crippen molar-refractivity contribution in [2.75, 3.05) is 0 Å². The first-order valence-electron chi connectivity index (χ1n) is 20.7. The molecule has 0 aliphatic heterocycles. The third-order valence-electron chi connectivity index (χ3n) is 12.4. The quantitative estimate of drug-likeness (QED) is 0.175. The molecular formula is C57H33N3O. The van der Waals surface area contributed by atoms with Gasteiger partial charge < -0.3 is 4.42 Å². The maximum absolute atomic E-state index is 6.69. The summed E-state index contributed by atoms with van der Waals surface area (Å²) in [6.07, 6.45) is 0. The van der Waals surface area contributed by atoms with Crippen LogP contribution in [0, 0.1) is 0 Å². The van der Waals surface area contributed by atoms with Crippen molar-refractivity contribution in [1.29, 1.82) is 0 Å². The van der Waals surface area contributed by atoms with E-state index in [4.69, 9.17) is 19.4 Å². The Morgan fingerprint density at radius 3 is 1.57 bits per heavy atom. The molecule has 13 rings (SSSR count). The molecule has 282 valence electrons. The molecule has 61 heavy (non-hydrogen) atoms. The molecule has 0 spiro atoms. The predicted octanol–water partition coefficient (Wildman–Crippen LogP) is 15.2. The average molecular weight is 776 g/mol. The fourth-order valence-electron chi connectivity index (χ4n) is 9.51. The largest absolute Gasteiger partial charge is 0.456 e. The van der Waals surface area contributed by atoms with Crippen LogP contribution in [0.2, 0.25) is 0 Å². The van der Waals surface area contributed by atoms with Crippen LogP contribution in [0.1, 0.15) is 0 Å². The third kappa shape index (κ3) is 5.36. The van der Waals surface area contributed by atoms with Gasteiger partial charge in [0, 0.05) is 27.5 Å². The first-order valence-corrected chi connectivity index (χ1v) is 20.7. The first-order chi connectivity index (χ1) is 30.2. The first kappa shape index (κ1) is 33.7. The highest BCUT2D eigenvalue weighted by molar-refractivity contribution is 6.20. The Labute approximate surface area is 351 Å². The zero-order valence-corrected chi connectivity index (χ0v) is 32.8. The molecule has 0 radical (unpaired) electrons. The highest BCUT2D eigenvalue weighted by Crippen LogP contribution is 2.50. The van der Waals surface area contributed by atoms with E-state index in [1.54, 1.807) is 0 Å². The van der Waals surface area contributed by atoms with E-state index in [0.717, 1.165) is 71.7 Å². The number of furan rings is 1. The summed E-state index contributed by atoms with van der Waals surface area (Å²) < 4.78 is 6.69. The van der Waals surface area contributed by atoms with Crippen LogP contribution in [0.25, 0.3) is 133 Å². The lowest BCUT2D eigenvalue weighted by atomic mass is 9.92. The van der Waals surface area contributed by atoms with Crippen LogP contribution in [0.5, 0.6) is 0 Å². The fourth-order valence-corrected chi connectivity index (χ4v) is 9.51. The molecule has 1 aliphatic carbocycles. The van der Waals surface area contributed by atoms with Crippen LogP contribution < -0.4 is 0 Å². The molecule has 0 atom stereocenters. The van der Waals surface area contributed by atoms with E-state index in [0.29, 0.717) is 17.5 Å². The van der Waals surface area contributed by atoms with Gasteiger partial charge in [0.05, 0.1) is 0 Å². The molecule has 0 fully saturated rings. The molecular weight excluding hydrogens is 743 g/mol. The van der Waals surface area contributed by atoms with Gasteiger partial charge in [0.2, 0.25) is 0 Å². The van der Waals surface area contributed by atoms with E-state index < -0.39 is 0 Å². The molecule has 4 nitrogen and oxygen atoms in total. The summed E-state index contributed by atoms with van der Waals surface area (Å²) in [5.74, 6) is 1.80. The van der Waals surface area contributed by atoms with Crippen LogP contribution in [-0.2, 0) is 0 Å². The molecule has 2 heterocycles. The van der Waals surface area contributed by atoms with E-state index in [-0.39, 0.29) is 0 Å². The van der Waals surface area contributed by atoms with Crippen LogP contribution in [0.4, 0.5) is 0 Å². The molecule has 10 aromatic carbocycles. The molecule has 0 N–H and O–H groups in total. The number of rotatable bonds is 5. The van der Waals surface area contributed by atoms with Gasteiger partial charge >= 0.3 is 0 Å². The van der Waals surface area contributed by atoms with Crippen molar-refractivity contribution in [1.82, 2.24) is 15.0 Å². The van der Waals surface area contributed by atoms with Crippen molar-refractivity contribution >= 4 is 54.3 Å². The smallest absolute Gasteiger partial charge is 0.164 e. The minimum absolute atomic E-state index is 0.587. The molecule has 12 aromatic rings. The molecule has 2 aromatic heterocycles. The van der Waals surface area contributed by atoms with Crippen LogP contribution >= 0.6 is 0 Å². The minimum atomic E-state index is 0.587. The van der Waals surface area contributed by atoms with Crippen LogP contribution in [0.15, 0.2) is 205 Å². The van der Waals surface area contributed by atoms with Crippen molar-refractivity contribution < 1.29 is 4.42 Å². The highest BCUT2D eigenvalue weighted by atomic mass is 16.3. The van der Waals surface area contributed by atoms with Crippen molar-refractivity contribution in [3.8, 4) is 78.7 Å². The van der Waals surface area contributed by atoms with Gasteiger partial charge in [-0.3, -0.25) is 0 Å². The molecule has 0 unspecified atom stereocenters. The topological polar surface area (TPSA) is 51.8 Å². The molecule has 0 amide bonds. The second kappa shape index (κ2) is 13.2. The third-order valence-corrected chi connectivity index (χ3v) is 12.4. The Kier molecular flexibility index (Phi) is 7.27. The van der Waals surface area contributed by atoms with E-state index in [1.807, 2.05) is 12.1 Å². The zero-order valence-electron chi connectivity index (χ0n) is 32.8. The lowest BCUT2D eigenvalue weighted by Crippen LogP contribution is -2.01. The Morgan fingerprint density at radius 1 is 0.262 bits per heavy atom. The lowest BCUT2D eigenvalue weighted by molar-refractivity contribution is 0.669. The van der Waals surface area contributed by atoms with Crippen molar-refractivity contribution in [2.45, 2.75) is 0 Å². The van der Waals surface area contributed by atoms with Gasteiger partial charge in [-0.1, -0.05) is 170 Å². The second-order valence-electron chi connectivity index (χ2n) is 15.9. The van der Waals surface area contributed by atoms with Crippen LogP contribution in [-0.4, -0.2) is 15.0 Å². The zero-order chi connectivity index (χ0) is 40.0. The predicted molar refractivity (Wildman–Crippen MR) is 251 cm³/mol. The lowest BCUT2D eigenvalue weighted by Gasteiger charge is -2.13. The summed E-state index contributed by atoms with van der Waals surface area (Å²) in [6.45, 7) is 0. The normalized spacial score (nSPS) is 11.9. The number of aromatic nitrogens is 3. The Morgan fingerprint density at radius 2 is 0.803 bits per heavy atom. The Bertz CT molecular complexity index is 3740. The highest BCUT2D eigenvalue weighted by Gasteiger charge is 2.24. The number of hydrogen-bond acceptors (Lipinski definition) is 4. The maximum atomic E-state index is 6.69. The average Bonchev–Trinajstić information content (AvgIpc) is 3.87.